The van der Waals surface area contributed by atoms with Crippen molar-refractivity contribution in [2.75, 3.05) is 25.0 Å². The summed E-state index contributed by atoms with van der Waals surface area (Å²) in [6.45, 7) is 2.34. The molecular formula is C20H22Cl2N2O. The lowest BCUT2D eigenvalue weighted by atomic mass is 9.90. The van der Waals surface area contributed by atoms with Gasteiger partial charge in [0.2, 0.25) is 5.91 Å². The number of nitrogens with one attached hydrogen (secondary N) is 1. The smallest absolute Gasteiger partial charge is 0.238 e. The van der Waals surface area contributed by atoms with Gasteiger partial charge in [-0.15, -0.1) is 0 Å². The van der Waals surface area contributed by atoms with Crippen LogP contribution in [0.25, 0.3) is 0 Å². The van der Waals surface area contributed by atoms with E-state index in [-0.39, 0.29) is 5.91 Å². The largest absolute Gasteiger partial charge is 0.325 e. The van der Waals surface area contributed by atoms with E-state index < -0.39 is 0 Å². The molecule has 1 amide bonds. The number of rotatable bonds is 5. The van der Waals surface area contributed by atoms with Crippen LogP contribution in [-0.2, 0) is 11.2 Å². The molecule has 1 aliphatic heterocycles. The van der Waals surface area contributed by atoms with Crippen LogP contribution in [-0.4, -0.2) is 30.4 Å². The van der Waals surface area contributed by atoms with Crippen LogP contribution in [0.1, 0.15) is 18.4 Å². The van der Waals surface area contributed by atoms with Crippen molar-refractivity contribution in [1.82, 2.24) is 4.90 Å². The van der Waals surface area contributed by atoms with Crippen molar-refractivity contribution in [2.45, 2.75) is 19.3 Å². The molecule has 3 rings (SSSR count). The summed E-state index contributed by atoms with van der Waals surface area (Å²) in [6, 6.07) is 15.8. The Balaban J connectivity index is 1.43. The average Bonchev–Trinajstić information content (AvgIpc) is 2.61. The van der Waals surface area contributed by atoms with Gasteiger partial charge in [-0.1, -0.05) is 53.5 Å². The molecule has 0 radical (unpaired) electrons. The maximum Gasteiger partial charge on any atom is 0.238 e. The summed E-state index contributed by atoms with van der Waals surface area (Å²) in [4.78, 5) is 14.4. The zero-order valence-electron chi connectivity index (χ0n) is 14.1. The Bertz CT molecular complexity index is 713. The number of halogens is 2. The van der Waals surface area contributed by atoms with E-state index in [4.69, 9.17) is 23.2 Å². The summed E-state index contributed by atoms with van der Waals surface area (Å²) < 4.78 is 0. The molecule has 3 nitrogen and oxygen atoms in total. The van der Waals surface area contributed by atoms with E-state index in [1.165, 1.54) is 5.56 Å². The van der Waals surface area contributed by atoms with Gasteiger partial charge in [0, 0.05) is 5.69 Å². The Hall–Kier alpha value is -1.55. The predicted molar refractivity (Wildman–Crippen MR) is 104 cm³/mol. The third kappa shape index (κ3) is 5.46. The zero-order valence-corrected chi connectivity index (χ0v) is 15.6. The Labute approximate surface area is 158 Å². The highest BCUT2D eigenvalue weighted by molar-refractivity contribution is 6.42. The molecule has 0 unspecified atom stereocenters. The van der Waals surface area contributed by atoms with Crippen LogP contribution in [0, 0.1) is 5.92 Å². The van der Waals surface area contributed by atoms with Gasteiger partial charge in [0.15, 0.2) is 0 Å². The summed E-state index contributed by atoms with van der Waals surface area (Å²) in [5, 5.41) is 3.82. The normalized spacial score (nSPS) is 15.9. The molecule has 0 saturated carbocycles. The molecule has 1 heterocycles. The van der Waals surface area contributed by atoms with Crippen molar-refractivity contribution in [1.29, 1.82) is 0 Å². The number of likely N-dealkylation sites (tertiary alicyclic amines) is 1. The quantitative estimate of drug-likeness (QED) is 0.805. The lowest BCUT2D eigenvalue weighted by molar-refractivity contribution is -0.117. The molecule has 5 heteroatoms. The van der Waals surface area contributed by atoms with Crippen molar-refractivity contribution in [3.05, 3.63) is 64.1 Å². The first-order chi connectivity index (χ1) is 12.1. The first-order valence-electron chi connectivity index (χ1n) is 8.61. The fraction of sp³-hybridized carbons (Fsp3) is 0.350. The Morgan fingerprint density at radius 2 is 1.76 bits per heavy atom. The fourth-order valence-electron chi connectivity index (χ4n) is 3.27. The van der Waals surface area contributed by atoms with Crippen molar-refractivity contribution in [2.24, 2.45) is 5.92 Å². The van der Waals surface area contributed by atoms with Crippen molar-refractivity contribution in [3.8, 4) is 0 Å². The van der Waals surface area contributed by atoms with Crippen molar-refractivity contribution >= 4 is 34.8 Å². The first-order valence-corrected chi connectivity index (χ1v) is 9.37. The van der Waals surface area contributed by atoms with Crippen LogP contribution in [0.4, 0.5) is 5.69 Å². The van der Waals surface area contributed by atoms with Crippen LogP contribution in [0.15, 0.2) is 48.5 Å². The number of hydrogen-bond acceptors (Lipinski definition) is 2. The second kappa shape index (κ2) is 8.70. The molecule has 0 aromatic heterocycles. The molecule has 2 aromatic carbocycles. The van der Waals surface area contributed by atoms with E-state index in [2.05, 4.69) is 40.5 Å². The van der Waals surface area contributed by atoms with Gasteiger partial charge in [0.05, 0.1) is 16.6 Å². The Morgan fingerprint density at radius 3 is 2.44 bits per heavy atom. The summed E-state index contributed by atoms with van der Waals surface area (Å²) in [6.07, 6.45) is 3.40. The molecule has 0 atom stereocenters. The van der Waals surface area contributed by atoms with Gasteiger partial charge < -0.3 is 5.32 Å². The molecule has 0 bridgehead atoms. The first kappa shape index (κ1) is 18.2. The summed E-state index contributed by atoms with van der Waals surface area (Å²) in [5.74, 6) is 0.691. The summed E-state index contributed by atoms with van der Waals surface area (Å²) in [7, 11) is 0. The van der Waals surface area contributed by atoms with E-state index in [1.54, 1.807) is 18.2 Å². The van der Waals surface area contributed by atoms with Gasteiger partial charge in [-0.2, -0.15) is 0 Å². The van der Waals surface area contributed by atoms with Gasteiger partial charge >= 0.3 is 0 Å². The highest BCUT2D eigenvalue weighted by Crippen LogP contribution is 2.25. The lowest BCUT2D eigenvalue weighted by Crippen LogP contribution is -2.39. The highest BCUT2D eigenvalue weighted by Gasteiger charge is 2.21. The average molecular weight is 377 g/mol. The summed E-state index contributed by atoms with van der Waals surface area (Å²) in [5.41, 5.74) is 2.08. The second-order valence-corrected chi connectivity index (χ2v) is 7.40. The minimum atomic E-state index is -0.0140. The van der Waals surface area contributed by atoms with Gasteiger partial charge in [-0.05, 0) is 62.0 Å². The van der Waals surface area contributed by atoms with Gasteiger partial charge in [0.25, 0.3) is 0 Å². The molecule has 2 aromatic rings. The number of amides is 1. The minimum absolute atomic E-state index is 0.0140. The Morgan fingerprint density at radius 1 is 1.04 bits per heavy atom. The Kier molecular flexibility index (Phi) is 6.35. The molecule has 1 saturated heterocycles. The molecule has 132 valence electrons. The van der Waals surface area contributed by atoms with E-state index in [0.29, 0.717) is 28.2 Å². The summed E-state index contributed by atoms with van der Waals surface area (Å²) >= 11 is 11.9. The molecule has 1 fully saturated rings. The number of anilines is 1. The molecule has 1 aliphatic rings. The van der Waals surface area contributed by atoms with Crippen molar-refractivity contribution < 1.29 is 4.79 Å². The van der Waals surface area contributed by atoms with Crippen LogP contribution >= 0.6 is 23.2 Å². The number of carbonyl (C=O) groups excluding carboxylic acids is 1. The maximum atomic E-state index is 12.2. The van der Waals surface area contributed by atoms with Crippen LogP contribution in [0.2, 0.25) is 10.0 Å². The number of hydrogen-bond donors (Lipinski definition) is 1. The van der Waals surface area contributed by atoms with Crippen LogP contribution in [0.3, 0.4) is 0 Å². The van der Waals surface area contributed by atoms with E-state index in [9.17, 15) is 4.79 Å². The number of carbonyl (C=O) groups is 1. The molecule has 1 N–H and O–H groups in total. The van der Waals surface area contributed by atoms with E-state index >= 15 is 0 Å². The zero-order chi connectivity index (χ0) is 17.6. The minimum Gasteiger partial charge on any atom is -0.325 e. The van der Waals surface area contributed by atoms with Gasteiger partial charge in [0.1, 0.15) is 0 Å². The highest BCUT2D eigenvalue weighted by atomic mass is 35.5. The van der Waals surface area contributed by atoms with Crippen LogP contribution in [0.5, 0.6) is 0 Å². The number of piperidine rings is 1. The number of benzene rings is 2. The third-order valence-electron chi connectivity index (χ3n) is 4.64. The SMILES string of the molecule is O=C(CN1CCC(Cc2ccccc2)CC1)Nc1ccc(Cl)c(Cl)c1. The third-order valence-corrected chi connectivity index (χ3v) is 5.38. The van der Waals surface area contributed by atoms with Crippen LogP contribution < -0.4 is 5.32 Å². The van der Waals surface area contributed by atoms with E-state index in [1.807, 2.05) is 0 Å². The lowest BCUT2D eigenvalue weighted by Gasteiger charge is -2.31. The van der Waals surface area contributed by atoms with Gasteiger partial charge in [-0.3, -0.25) is 9.69 Å². The molecular weight excluding hydrogens is 355 g/mol. The second-order valence-electron chi connectivity index (χ2n) is 6.59. The molecule has 0 aliphatic carbocycles. The van der Waals surface area contributed by atoms with Gasteiger partial charge in [-0.25, -0.2) is 0 Å². The topological polar surface area (TPSA) is 32.3 Å². The number of nitrogens with zero attached hydrogens (tertiary/aromatic N) is 1. The monoisotopic (exact) mass is 376 g/mol. The molecule has 0 spiro atoms. The fourth-order valence-corrected chi connectivity index (χ4v) is 3.57. The van der Waals surface area contributed by atoms with Crippen molar-refractivity contribution in [3.63, 3.8) is 0 Å². The van der Waals surface area contributed by atoms with E-state index in [0.717, 1.165) is 32.4 Å². The standard InChI is InChI=1S/C20H22Cl2N2O/c21-18-7-6-17(13-19(18)22)23-20(25)14-24-10-8-16(9-11-24)12-15-4-2-1-3-5-15/h1-7,13,16H,8-12,14H2,(H,23,25). The predicted octanol–water partition coefficient (Wildman–Crippen LogP) is 4.89. The maximum absolute atomic E-state index is 12.2. The molecule has 25 heavy (non-hydrogen) atoms.